The molecule has 6 nitrogen and oxygen atoms in total. The fourth-order valence-corrected chi connectivity index (χ4v) is 4.97. The molecule has 0 fully saturated rings. The van der Waals surface area contributed by atoms with E-state index in [1.54, 1.807) is 6.08 Å². The Balaban J connectivity index is 1.64. The quantitative estimate of drug-likeness (QED) is 0.399. The molecule has 0 aliphatic carbocycles. The fourth-order valence-electron chi connectivity index (χ4n) is 2.55. The van der Waals surface area contributed by atoms with Crippen LogP contribution in [-0.2, 0) is 19.6 Å². The minimum Gasteiger partial charge on any atom is -0.383 e. The Hall–Kier alpha value is -2.23. The van der Waals surface area contributed by atoms with E-state index in [4.69, 9.17) is 16.3 Å². The Kier molecular flexibility index (Phi) is 7.05. The SMILES string of the molecule is COCCNS(=O)(=O)c1ccc(NC(=O)/C=C/c2sc3ccccc3c2Cl)cc1. The lowest BCUT2D eigenvalue weighted by Crippen LogP contribution is -2.27. The van der Waals surface area contributed by atoms with Gasteiger partial charge in [-0.15, -0.1) is 11.3 Å². The molecule has 9 heteroatoms. The molecule has 1 aromatic heterocycles. The Morgan fingerprint density at radius 2 is 1.90 bits per heavy atom. The van der Waals surface area contributed by atoms with Crippen LogP contribution in [0.5, 0.6) is 0 Å². The number of hydrogen-bond donors (Lipinski definition) is 2. The van der Waals surface area contributed by atoms with Crippen molar-refractivity contribution in [2.24, 2.45) is 0 Å². The second-order valence-corrected chi connectivity index (χ2v) is 9.24. The number of benzene rings is 2. The first-order chi connectivity index (χ1) is 13.9. The van der Waals surface area contributed by atoms with Gasteiger partial charge in [-0.3, -0.25) is 4.79 Å². The number of carbonyl (C=O) groups is 1. The molecule has 152 valence electrons. The normalized spacial score (nSPS) is 11.9. The molecule has 0 atom stereocenters. The van der Waals surface area contributed by atoms with Crippen molar-refractivity contribution in [2.45, 2.75) is 4.90 Å². The van der Waals surface area contributed by atoms with Crippen LogP contribution in [-0.4, -0.2) is 34.6 Å². The summed E-state index contributed by atoms with van der Waals surface area (Å²) in [6, 6.07) is 13.7. The molecule has 29 heavy (non-hydrogen) atoms. The predicted molar refractivity (Wildman–Crippen MR) is 118 cm³/mol. The van der Waals surface area contributed by atoms with Gasteiger partial charge in [-0.05, 0) is 36.4 Å². The molecule has 0 bridgehead atoms. The van der Waals surface area contributed by atoms with E-state index in [0.717, 1.165) is 15.0 Å². The molecule has 3 rings (SSSR count). The number of rotatable bonds is 8. The molecule has 0 aliphatic heterocycles. The van der Waals surface area contributed by atoms with Gasteiger partial charge in [0, 0.05) is 40.4 Å². The first kappa shape index (κ1) is 21.5. The van der Waals surface area contributed by atoms with E-state index >= 15 is 0 Å². The summed E-state index contributed by atoms with van der Waals surface area (Å²) in [5.74, 6) is -0.340. The van der Waals surface area contributed by atoms with Crippen molar-refractivity contribution in [3.63, 3.8) is 0 Å². The molecule has 0 saturated carbocycles. The highest BCUT2D eigenvalue weighted by Crippen LogP contribution is 2.35. The van der Waals surface area contributed by atoms with E-state index in [2.05, 4.69) is 10.0 Å². The van der Waals surface area contributed by atoms with E-state index in [-0.39, 0.29) is 24.0 Å². The van der Waals surface area contributed by atoms with Crippen LogP contribution in [0.3, 0.4) is 0 Å². The largest absolute Gasteiger partial charge is 0.383 e. The first-order valence-electron chi connectivity index (χ1n) is 8.65. The van der Waals surface area contributed by atoms with Crippen LogP contribution < -0.4 is 10.0 Å². The average Bonchev–Trinajstić information content (AvgIpc) is 3.03. The van der Waals surface area contributed by atoms with Crippen LogP contribution in [0.4, 0.5) is 5.69 Å². The van der Waals surface area contributed by atoms with Crippen LogP contribution in [0.15, 0.2) is 59.5 Å². The summed E-state index contributed by atoms with van der Waals surface area (Å²) in [6.45, 7) is 0.464. The highest BCUT2D eigenvalue weighted by atomic mass is 35.5. The van der Waals surface area contributed by atoms with Crippen LogP contribution in [0.2, 0.25) is 5.02 Å². The van der Waals surface area contributed by atoms with E-state index in [1.807, 2.05) is 24.3 Å². The maximum Gasteiger partial charge on any atom is 0.248 e. The topological polar surface area (TPSA) is 84.5 Å². The number of methoxy groups -OCH3 is 1. The van der Waals surface area contributed by atoms with Crippen LogP contribution in [0.1, 0.15) is 4.88 Å². The molecule has 0 unspecified atom stereocenters. The number of halogens is 1. The Morgan fingerprint density at radius 3 is 2.59 bits per heavy atom. The van der Waals surface area contributed by atoms with Crippen LogP contribution >= 0.6 is 22.9 Å². The maximum absolute atomic E-state index is 12.2. The molecule has 0 aliphatic rings. The summed E-state index contributed by atoms with van der Waals surface area (Å²) in [4.78, 5) is 13.1. The minimum atomic E-state index is -3.61. The summed E-state index contributed by atoms with van der Waals surface area (Å²) < 4.78 is 32.6. The molecule has 1 amide bonds. The van der Waals surface area contributed by atoms with Gasteiger partial charge in [0.15, 0.2) is 0 Å². The standard InChI is InChI=1S/C20H19ClN2O4S2/c1-27-13-12-22-29(25,26)15-8-6-14(7-9-15)23-19(24)11-10-18-20(21)16-4-2-3-5-17(16)28-18/h2-11,22H,12-13H2,1H3,(H,23,24)/b11-10+. The van der Waals surface area contributed by atoms with Crippen molar-refractivity contribution in [1.29, 1.82) is 0 Å². The van der Waals surface area contributed by atoms with Crippen molar-refractivity contribution >= 4 is 60.7 Å². The maximum atomic E-state index is 12.2. The van der Waals surface area contributed by atoms with E-state index < -0.39 is 10.0 Å². The number of hydrogen-bond acceptors (Lipinski definition) is 5. The number of sulfonamides is 1. The molecule has 0 spiro atoms. The minimum absolute atomic E-state index is 0.110. The third-order valence-corrected chi connectivity index (χ3v) is 7.11. The number of nitrogens with one attached hydrogen (secondary N) is 2. The van der Waals surface area contributed by atoms with Gasteiger partial charge in [-0.1, -0.05) is 29.8 Å². The highest BCUT2D eigenvalue weighted by Gasteiger charge is 2.13. The van der Waals surface area contributed by atoms with Gasteiger partial charge in [-0.25, -0.2) is 13.1 Å². The third-order valence-electron chi connectivity index (χ3n) is 3.98. The van der Waals surface area contributed by atoms with Gasteiger partial charge in [0.2, 0.25) is 15.9 Å². The van der Waals surface area contributed by atoms with Crippen molar-refractivity contribution in [1.82, 2.24) is 4.72 Å². The van der Waals surface area contributed by atoms with Gasteiger partial charge in [0.25, 0.3) is 0 Å². The Labute approximate surface area is 178 Å². The molecule has 2 N–H and O–H groups in total. The highest BCUT2D eigenvalue weighted by molar-refractivity contribution is 7.89. The van der Waals surface area contributed by atoms with Gasteiger partial charge in [-0.2, -0.15) is 0 Å². The van der Waals surface area contributed by atoms with Crippen molar-refractivity contribution in [2.75, 3.05) is 25.6 Å². The summed E-state index contributed by atoms with van der Waals surface area (Å²) in [7, 11) is -2.12. The van der Waals surface area contributed by atoms with E-state index in [1.165, 1.54) is 48.8 Å². The number of carbonyl (C=O) groups excluding carboxylic acids is 1. The summed E-state index contributed by atoms with van der Waals surface area (Å²) in [5.41, 5.74) is 0.484. The Morgan fingerprint density at radius 1 is 1.17 bits per heavy atom. The van der Waals surface area contributed by atoms with Gasteiger partial charge < -0.3 is 10.1 Å². The lowest BCUT2D eigenvalue weighted by Gasteiger charge is -2.07. The zero-order chi connectivity index (χ0) is 20.9. The summed E-state index contributed by atoms with van der Waals surface area (Å²) in [6.07, 6.45) is 3.06. The molecule has 2 aromatic carbocycles. The smallest absolute Gasteiger partial charge is 0.248 e. The molecule has 0 radical (unpaired) electrons. The zero-order valence-electron chi connectivity index (χ0n) is 15.5. The van der Waals surface area contributed by atoms with Crippen LogP contribution in [0.25, 0.3) is 16.2 Å². The van der Waals surface area contributed by atoms with Gasteiger partial charge in [0.1, 0.15) is 0 Å². The van der Waals surface area contributed by atoms with Gasteiger partial charge in [0.05, 0.1) is 16.5 Å². The number of anilines is 1. The van der Waals surface area contributed by atoms with E-state index in [0.29, 0.717) is 10.7 Å². The number of amides is 1. The number of thiophene rings is 1. The van der Waals surface area contributed by atoms with Crippen molar-refractivity contribution in [3.8, 4) is 0 Å². The molecule has 0 saturated heterocycles. The number of ether oxygens (including phenoxy) is 1. The Bertz CT molecular complexity index is 1140. The average molecular weight is 451 g/mol. The van der Waals surface area contributed by atoms with Crippen LogP contribution in [0, 0.1) is 0 Å². The number of fused-ring (bicyclic) bond motifs is 1. The molecular weight excluding hydrogens is 432 g/mol. The van der Waals surface area contributed by atoms with E-state index in [9.17, 15) is 13.2 Å². The predicted octanol–water partition coefficient (Wildman–Crippen LogP) is 4.13. The first-order valence-corrected chi connectivity index (χ1v) is 11.3. The second kappa shape index (κ2) is 9.51. The second-order valence-electron chi connectivity index (χ2n) is 6.01. The lowest BCUT2D eigenvalue weighted by molar-refractivity contribution is -0.111. The molecular formula is C20H19ClN2O4S2. The third kappa shape index (κ3) is 5.43. The molecule has 1 heterocycles. The zero-order valence-corrected chi connectivity index (χ0v) is 17.9. The summed E-state index contributed by atoms with van der Waals surface area (Å²) in [5, 5.41) is 4.27. The van der Waals surface area contributed by atoms with Gasteiger partial charge >= 0.3 is 0 Å². The monoisotopic (exact) mass is 450 g/mol. The summed E-state index contributed by atoms with van der Waals surface area (Å²) >= 11 is 7.87. The fraction of sp³-hybridized carbons (Fsp3) is 0.150. The lowest BCUT2D eigenvalue weighted by atomic mass is 10.2. The molecule has 3 aromatic rings. The van der Waals surface area contributed by atoms with Crippen molar-refractivity contribution < 1.29 is 17.9 Å². The van der Waals surface area contributed by atoms with Crippen molar-refractivity contribution in [3.05, 3.63) is 64.5 Å².